The molecule has 15 heteroatoms. The molecule has 476 valence electrons. The van der Waals surface area contributed by atoms with Crippen LogP contribution >= 0.6 is 0 Å². The topological polar surface area (TPSA) is 167 Å². The van der Waals surface area contributed by atoms with E-state index in [1.54, 1.807) is 0 Å². The van der Waals surface area contributed by atoms with E-state index < -0.39 is 73.4 Å². The minimum absolute atomic E-state index is 0.0262. The summed E-state index contributed by atoms with van der Waals surface area (Å²) in [5, 5.41) is 4.29. The van der Waals surface area contributed by atoms with E-state index in [0.717, 1.165) is 52.6 Å². The summed E-state index contributed by atoms with van der Waals surface area (Å²) in [5.41, 5.74) is 15.9. The molecule has 2 fully saturated rings. The fourth-order valence-corrected chi connectivity index (χ4v) is 11.2. The van der Waals surface area contributed by atoms with Gasteiger partial charge in [-0.25, -0.2) is 0 Å². The zero-order valence-corrected chi connectivity index (χ0v) is 52.1. The van der Waals surface area contributed by atoms with Gasteiger partial charge in [-0.2, -0.15) is 0 Å². The van der Waals surface area contributed by atoms with Crippen molar-refractivity contribution in [1.82, 2.24) is 0 Å². The van der Waals surface area contributed by atoms with Crippen LogP contribution in [0.1, 0.15) is 131 Å². The molecule has 6 aromatic rings. The zero-order valence-electron chi connectivity index (χ0n) is 52.1. The molecule has 0 amide bonds. The number of esters is 1. The predicted octanol–water partition coefficient (Wildman–Crippen LogP) is 15.9. The summed E-state index contributed by atoms with van der Waals surface area (Å²) in [6.45, 7) is 5.06. The van der Waals surface area contributed by atoms with Gasteiger partial charge in [-0.05, 0) is 51.8 Å². The van der Waals surface area contributed by atoms with Crippen LogP contribution in [0.2, 0.25) is 0 Å². The summed E-state index contributed by atoms with van der Waals surface area (Å²) in [7, 11) is 0. The largest absolute Gasteiger partial charge is 0.454 e. The van der Waals surface area contributed by atoms with Gasteiger partial charge in [0.2, 0.25) is 0 Å². The molecule has 0 saturated carbocycles. The fraction of sp³-hybridized carbons (Fsp3) is 0.473. The summed E-state index contributed by atoms with van der Waals surface area (Å²) in [6, 6.07) is 58.5. The number of allylic oxidation sites excluding steroid dienone is 1. The molecule has 0 aromatic heterocycles. The van der Waals surface area contributed by atoms with Crippen LogP contribution in [0.4, 0.5) is 0 Å². The molecule has 8 rings (SSSR count). The number of unbranched alkanes of at least 4 members (excludes halogenated alkanes) is 11. The third-order valence-corrected chi connectivity index (χ3v) is 15.9. The number of rotatable bonds is 41. The highest BCUT2D eigenvalue weighted by molar-refractivity contribution is 5.66. The van der Waals surface area contributed by atoms with Crippen LogP contribution in [0.5, 0.6) is 0 Å². The molecular formula is C74H93N3O12. The molecule has 0 spiro atoms. The smallest absolute Gasteiger partial charge is 0.303 e. The quantitative estimate of drug-likeness (QED) is 0.00891. The number of ether oxygens (including phenoxy) is 11. The predicted molar refractivity (Wildman–Crippen MR) is 344 cm³/mol. The zero-order chi connectivity index (χ0) is 61.8. The van der Waals surface area contributed by atoms with Crippen molar-refractivity contribution >= 4 is 5.97 Å². The van der Waals surface area contributed by atoms with E-state index in [2.05, 4.69) is 23.0 Å². The first-order valence-electron chi connectivity index (χ1n) is 32.2. The average Bonchev–Trinajstić information content (AvgIpc) is 1.15. The van der Waals surface area contributed by atoms with Crippen molar-refractivity contribution in [2.45, 2.75) is 204 Å². The number of azide groups is 1. The molecule has 2 heterocycles. The van der Waals surface area contributed by atoms with Gasteiger partial charge >= 0.3 is 5.97 Å². The van der Waals surface area contributed by atoms with Crippen molar-refractivity contribution in [1.29, 1.82) is 0 Å². The lowest BCUT2D eigenvalue weighted by Gasteiger charge is -2.48. The van der Waals surface area contributed by atoms with Crippen LogP contribution in [-0.2, 0) is 96.5 Å². The van der Waals surface area contributed by atoms with E-state index in [9.17, 15) is 10.3 Å². The second kappa shape index (κ2) is 40.2. The Labute approximate surface area is 527 Å². The Morgan fingerprint density at radius 1 is 0.528 bits per heavy atom. The summed E-state index contributed by atoms with van der Waals surface area (Å²) < 4.78 is 75.1. The Hall–Kier alpha value is -6.56. The fourth-order valence-electron chi connectivity index (χ4n) is 11.2. The number of hydrogen-bond acceptors (Lipinski definition) is 13. The number of nitrogens with zero attached hydrogens (tertiary/aromatic N) is 3. The number of carbonyl (C=O) groups is 1. The summed E-state index contributed by atoms with van der Waals surface area (Å²) in [5.74, 6) is -0.609. The Balaban J connectivity index is 1.09. The molecule has 8 unspecified atom stereocenters. The highest BCUT2D eigenvalue weighted by atomic mass is 16.8. The summed E-state index contributed by atoms with van der Waals surface area (Å²) in [4.78, 5) is 16.9. The molecule has 2 aliphatic heterocycles. The van der Waals surface area contributed by atoms with E-state index in [1.165, 1.54) is 64.7 Å². The maximum absolute atomic E-state index is 13.6. The Bertz CT molecular complexity index is 2890. The van der Waals surface area contributed by atoms with Crippen LogP contribution in [0, 0.1) is 0 Å². The monoisotopic (exact) mass is 1220 g/mol. The van der Waals surface area contributed by atoms with Gasteiger partial charge in [-0.3, -0.25) is 4.79 Å². The van der Waals surface area contributed by atoms with Gasteiger partial charge < -0.3 is 52.1 Å². The van der Waals surface area contributed by atoms with E-state index in [1.807, 2.05) is 188 Å². The van der Waals surface area contributed by atoms with Gasteiger partial charge in [0.05, 0.1) is 83.8 Å². The van der Waals surface area contributed by atoms with Gasteiger partial charge in [0.25, 0.3) is 0 Å². The Morgan fingerprint density at radius 2 is 0.989 bits per heavy atom. The number of carbonyl (C=O) groups excluding carboxylic acids is 1. The molecule has 11 atom stereocenters. The minimum Gasteiger partial charge on any atom is -0.454 e. The van der Waals surface area contributed by atoms with Crippen molar-refractivity contribution < 1.29 is 56.9 Å². The lowest BCUT2D eigenvalue weighted by Crippen LogP contribution is -2.64. The van der Waals surface area contributed by atoms with Crippen LogP contribution < -0.4 is 0 Å². The van der Waals surface area contributed by atoms with Gasteiger partial charge in [-0.15, -0.1) is 0 Å². The normalized spacial score (nSPS) is 21.7. The SMILES string of the molecule is CCCCCCCCCCCCCC=CC(OCc1ccccc1)C(CO[C@@H]1OC(COCc2ccccc2)[C@@H](O[C@@H]2OC(COCc3ccccc3)CC(OCc3ccccc3)C2OCc2ccccc2)C(OCc2ccccc2)C1OC(C)=O)N=[N+]=[N-]. The number of benzene rings is 6. The van der Waals surface area contributed by atoms with Crippen LogP contribution in [-0.4, -0.2) is 93.2 Å². The Morgan fingerprint density at radius 3 is 1.49 bits per heavy atom. The van der Waals surface area contributed by atoms with Crippen molar-refractivity contribution in [2.75, 3.05) is 19.8 Å². The third-order valence-electron chi connectivity index (χ3n) is 15.9. The van der Waals surface area contributed by atoms with Gasteiger partial charge in [0, 0.05) is 18.3 Å². The van der Waals surface area contributed by atoms with Crippen LogP contribution in [0.3, 0.4) is 0 Å². The maximum atomic E-state index is 13.6. The Kier molecular flexibility index (Phi) is 30.9. The first kappa shape index (κ1) is 68.4. The molecule has 89 heavy (non-hydrogen) atoms. The minimum atomic E-state index is -1.30. The lowest BCUT2D eigenvalue weighted by atomic mass is 9.97. The van der Waals surface area contributed by atoms with E-state index >= 15 is 0 Å². The lowest BCUT2D eigenvalue weighted by molar-refractivity contribution is -0.363. The first-order chi connectivity index (χ1) is 43.9. The molecule has 2 aliphatic rings. The highest BCUT2D eigenvalue weighted by Crippen LogP contribution is 2.36. The molecule has 2 saturated heterocycles. The van der Waals surface area contributed by atoms with Gasteiger partial charge in [-0.1, -0.05) is 270 Å². The summed E-state index contributed by atoms with van der Waals surface area (Å²) in [6.07, 6.45) is 9.73. The second-order valence-corrected chi connectivity index (χ2v) is 23.1. The van der Waals surface area contributed by atoms with Crippen molar-refractivity contribution in [3.05, 3.63) is 238 Å². The highest BCUT2D eigenvalue weighted by Gasteiger charge is 2.53. The van der Waals surface area contributed by atoms with E-state index in [4.69, 9.17) is 52.1 Å². The molecule has 0 radical (unpaired) electrons. The first-order valence-corrected chi connectivity index (χ1v) is 32.2. The second-order valence-electron chi connectivity index (χ2n) is 23.1. The van der Waals surface area contributed by atoms with Crippen LogP contribution in [0.25, 0.3) is 10.4 Å². The molecule has 6 aromatic carbocycles. The van der Waals surface area contributed by atoms with Crippen molar-refractivity contribution in [2.24, 2.45) is 5.11 Å². The van der Waals surface area contributed by atoms with Crippen molar-refractivity contribution in [3.63, 3.8) is 0 Å². The van der Waals surface area contributed by atoms with Crippen LogP contribution in [0.15, 0.2) is 199 Å². The molecule has 0 aliphatic carbocycles. The molecule has 0 bridgehead atoms. The number of hydrogen-bond donors (Lipinski definition) is 0. The average molecular weight is 1220 g/mol. The molecular weight excluding hydrogens is 1120 g/mol. The van der Waals surface area contributed by atoms with Gasteiger partial charge in [0.1, 0.15) is 24.4 Å². The van der Waals surface area contributed by atoms with Gasteiger partial charge in [0.15, 0.2) is 18.7 Å². The third kappa shape index (κ3) is 24.6. The molecule has 15 nitrogen and oxygen atoms in total. The molecule has 0 N–H and O–H groups in total. The maximum Gasteiger partial charge on any atom is 0.303 e. The summed E-state index contributed by atoms with van der Waals surface area (Å²) >= 11 is 0. The standard InChI is InChI=1S/C74H93N3O12/c1-3-4-5-6-7-8-9-10-11-12-13-14-33-46-66(81-50-60-38-25-17-26-39-60)65(76-77-75)55-85-73-72(86-57(2)78)71(84-53-63-44-31-20-32-45-63)69(68(88-73)56-80-49-59-36-23-16-24-37-59)89-74-70(83-52-62-42-29-19-30-43-62)67(82-51-61-40-27-18-28-41-61)47-64(87-74)54-79-48-58-34-21-15-22-35-58/h15-46,64-74H,3-14,47-56H2,1-2H3/t64?,65?,66?,67?,68?,69-,70?,71?,72?,73-,74+/m1/s1. The van der Waals surface area contributed by atoms with E-state index in [0.29, 0.717) is 19.6 Å². The van der Waals surface area contributed by atoms with E-state index in [-0.39, 0.29) is 46.2 Å². The van der Waals surface area contributed by atoms with Crippen molar-refractivity contribution in [3.8, 4) is 0 Å².